The van der Waals surface area contributed by atoms with Crippen LogP contribution >= 0.6 is 24.0 Å². The summed E-state index contributed by atoms with van der Waals surface area (Å²) in [5, 5.41) is 1.58. The van der Waals surface area contributed by atoms with E-state index >= 15 is 0 Å². The van der Waals surface area contributed by atoms with Crippen LogP contribution in [-0.2, 0) is 10.3 Å². The van der Waals surface area contributed by atoms with E-state index in [4.69, 9.17) is 5.73 Å². The summed E-state index contributed by atoms with van der Waals surface area (Å²) in [5.41, 5.74) is 4.78. The third-order valence-electron chi connectivity index (χ3n) is 1.48. The van der Waals surface area contributed by atoms with E-state index in [9.17, 15) is 4.79 Å². The topological polar surface area (TPSA) is 43.1 Å². The fourth-order valence-electron chi connectivity index (χ4n) is 0.679. The second-order valence-electron chi connectivity index (χ2n) is 2.48. The maximum atomic E-state index is 10.9. The lowest BCUT2D eigenvalue weighted by Crippen LogP contribution is -2.38. The van der Waals surface area contributed by atoms with Gasteiger partial charge < -0.3 is 5.73 Å². The number of hydrogen-bond acceptors (Lipinski definition) is 3. The van der Waals surface area contributed by atoms with Crippen molar-refractivity contribution in [2.45, 2.75) is 12.5 Å². The molecule has 0 aromatic carbocycles. The first-order valence-electron chi connectivity index (χ1n) is 3.11. The Bertz CT molecular complexity index is 253. The number of thiophene rings is 1. The van der Waals surface area contributed by atoms with Crippen molar-refractivity contribution < 1.29 is 4.79 Å². The molecule has 11 heavy (non-hydrogen) atoms. The van der Waals surface area contributed by atoms with Crippen LogP contribution in [0.3, 0.4) is 0 Å². The third-order valence-corrected chi connectivity index (χ3v) is 3.05. The molecule has 4 heteroatoms. The van der Waals surface area contributed by atoms with Crippen molar-refractivity contribution in [3.8, 4) is 0 Å². The molecule has 0 saturated carbocycles. The molecule has 0 aliphatic rings. The third kappa shape index (κ3) is 1.64. The normalized spacial score (nSPS) is 15.9. The van der Waals surface area contributed by atoms with Crippen molar-refractivity contribution in [2.24, 2.45) is 5.73 Å². The van der Waals surface area contributed by atoms with Gasteiger partial charge in [0, 0.05) is 4.88 Å². The maximum absolute atomic E-state index is 10.9. The molecule has 0 saturated heterocycles. The van der Waals surface area contributed by atoms with Gasteiger partial charge >= 0.3 is 0 Å². The average Bonchev–Trinajstić information content (AvgIpc) is 2.37. The number of hydrogen-bond donors (Lipinski definition) is 2. The minimum Gasteiger partial charge on any atom is -0.314 e. The average molecular weight is 187 g/mol. The van der Waals surface area contributed by atoms with Gasteiger partial charge in [-0.3, -0.25) is 4.79 Å². The molecule has 0 bridgehead atoms. The molecule has 1 rings (SSSR count). The van der Waals surface area contributed by atoms with Crippen LogP contribution in [0, 0.1) is 0 Å². The number of carbonyl (C=O) groups excluding carboxylic acids is 1. The van der Waals surface area contributed by atoms with Crippen molar-refractivity contribution in [3.63, 3.8) is 0 Å². The monoisotopic (exact) mass is 187 g/mol. The van der Waals surface area contributed by atoms with Gasteiger partial charge in [-0.05, 0) is 18.4 Å². The Balaban J connectivity index is 3.00. The summed E-state index contributed by atoms with van der Waals surface area (Å²) in [4.78, 5) is 11.8. The first-order valence-corrected chi connectivity index (χ1v) is 4.44. The Morgan fingerprint density at radius 2 is 2.45 bits per heavy atom. The van der Waals surface area contributed by atoms with Crippen LogP contribution in [0.15, 0.2) is 17.5 Å². The molecule has 1 aromatic heterocycles. The fourth-order valence-corrected chi connectivity index (χ4v) is 1.67. The zero-order valence-corrected chi connectivity index (χ0v) is 7.78. The highest BCUT2D eigenvalue weighted by Gasteiger charge is 2.28. The van der Waals surface area contributed by atoms with Crippen molar-refractivity contribution >= 4 is 29.1 Å². The first kappa shape index (κ1) is 8.77. The Morgan fingerprint density at radius 1 is 1.82 bits per heavy atom. The summed E-state index contributed by atoms with van der Waals surface area (Å²) < 4.78 is 0. The zero-order valence-electron chi connectivity index (χ0n) is 6.07. The highest BCUT2D eigenvalue weighted by Crippen LogP contribution is 2.24. The second kappa shape index (κ2) is 2.97. The van der Waals surface area contributed by atoms with E-state index in [2.05, 4.69) is 12.6 Å². The van der Waals surface area contributed by atoms with Crippen LogP contribution < -0.4 is 5.73 Å². The van der Waals surface area contributed by atoms with E-state index in [1.165, 1.54) is 11.3 Å². The number of thiol groups is 1. The van der Waals surface area contributed by atoms with Crippen LogP contribution in [0.25, 0.3) is 0 Å². The van der Waals surface area contributed by atoms with Crippen LogP contribution in [0.2, 0.25) is 0 Å². The molecule has 1 atom stereocenters. The zero-order chi connectivity index (χ0) is 8.48. The van der Waals surface area contributed by atoms with Gasteiger partial charge in [0.2, 0.25) is 5.12 Å². The van der Waals surface area contributed by atoms with Crippen LogP contribution in [0.4, 0.5) is 0 Å². The van der Waals surface area contributed by atoms with Gasteiger partial charge in [0.25, 0.3) is 0 Å². The van der Waals surface area contributed by atoms with E-state index in [0.717, 1.165) is 4.88 Å². The summed E-state index contributed by atoms with van der Waals surface area (Å²) in [6.07, 6.45) is 0. The van der Waals surface area contributed by atoms with Gasteiger partial charge in [-0.15, -0.1) is 24.0 Å². The lowest BCUT2D eigenvalue weighted by Gasteiger charge is -2.17. The predicted molar refractivity (Wildman–Crippen MR) is 49.9 cm³/mol. The van der Waals surface area contributed by atoms with Gasteiger partial charge in [-0.1, -0.05) is 6.07 Å². The molecular weight excluding hydrogens is 178 g/mol. The largest absolute Gasteiger partial charge is 0.314 e. The highest BCUT2D eigenvalue weighted by molar-refractivity contribution is 7.96. The SMILES string of the molecule is C[C@](N)(C(=O)S)c1cccs1. The van der Waals surface area contributed by atoms with E-state index in [1.54, 1.807) is 6.92 Å². The van der Waals surface area contributed by atoms with Crippen LogP contribution in [0.5, 0.6) is 0 Å². The van der Waals surface area contributed by atoms with Gasteiger partial charge in [0.15, 0.2) is 0 Å². The fraction of sp³-hybridized carbons (Fsp3) is 0.286. The molecule has 0 unspecified atom stereocenters. The minimum atomic E-state index is -0.933. The molecule has 0 amide bonds. The van der Waals surface area contributed by atoms with Crippen molar-refractivity contribution in [3.05, 3.63) is 22.4 Å². The molecule has 0 aliphatic carbocycles. The van der Waals surface area contributed by atoms with Gasteiger partial charge in [-0.25, -0.2) is 0 Å². The highest BCUT2D eigenvalue weighted by atomic mass is 32.1. The van der Waals surface area contributed by atoms with E-state index < -0.39 is 5.54 Å². The maximum Gasteiger partial charge on any atom is 0.210 e. The van der Waals surface area contributed by atoms with E-state index in [-0.39, 0.29) is 5.12 Å². The van der Waals surface area contributed by atoms with Gasteiger partial charge in [0.05, 0.1) is 0 Å². The Hall–Kier alpha value is -0.320. The first-order chi connectivity index (χ1) is 5.05. The summed E-state index contributed by atoms with van der Waals surface area (Å²) in [7, 11) is 0. The molecular formula is C7H9NOS2. The molecule has 1 aromatic rings. The molecule has 2 nitrogen and oxygen atoms in total. The van der Waals surface area contributed by atoms with E-state index in [1.807, 2.05) is 17.5 Å². The Morgan fingerprint density at radius 3 is 2.82 bits per heavy atom. The van der Waals surface area contributed by atoms with E-state index in [0.29, 0.717) is 0 Å². The lowest BCUT2D eigenvalue weighted by molar-refractivity contribution is -0.115. The summed E-state index contributed by atoms with van der Waals surface area (Å²) in [6, 6.07) is 3.70. The van der Waals surface area contributed by atoms with Crippen LogP contribution in [0.1, 0.15) is 11.8 Å². The molecule has 0 radical (unpaired) electrons. The number of nitrogens with two attached hydrogens (primary N) is 1. The molecule has 2 N–H and O–H groups in total. The van der Waals surface area contributed by atoms with Crippen LogP contribution in [-0.4, -0.2) is 5.12 Å². The lowest BCUT2D eigenvalue weighted by atomic mass is 10.0. The molecule has 0 spiro atoms. The second-order valence-corrected chi connectivity index (χ2v) is 3.84. The van der Waals surface area contributed by atoms with Gasteiger partial charge in [0.1, 0.15) is 5.54 Å². The summed E-state index contributed by atoms with van der Waals surface area (Å²) in [5.74, 6) is 0. The minimum absolute atomic E-state index is 0.306. The standard InChI is InChI=1S/C7H9NOS2/c1-7(8,6(9)10)5-3-2-4-11-5/h2-4H,8H2,1H3,(H,9,10)/t7-/m1/s1. The molecule has 60 valence electrons. The quantitative estimate of drug-likeness (QED) is 0.687. The van der Waals surface area contributed by atoms with Crippen molar-refractivity contribution in [2.75, 3.05) is 0 Å². The van der Waals surface area contributed by atoms with Crippen molar-refractivity contribution in [1.82, 2.24) is 0 Å². The molecule has 0 fully saturated rings. The molecule has 0 aliphatic heterocycles. The summed E-state index contributed by atoms with van der Waals surface area (Å²) in [6.45, 7) is 1.66. The Kier molecular flexibility index (Phi) is 2.37. The smallest absolute Gasteiger partial charge is 0.210 e. The number of carbonyl (C=O) groups is 1. The summed E-state index contributed by atoms with van der Waals surface area (Å²) >= 11 is 5.17. The number of rotatable bonds is 2. The Labute approximate surface area is 74.8 Å². The van der Waals surface area contributed by atoms with Gasteiger partial charge in [-0.2, -0.15) is 0 Å². The molecule has 1 heterocycles. The predicted octanol–water partition coefficient (Wildman–Crippen LogP) is 1.38. The van der Waals surface area contributed by atoms with Crippen molar-refractivity contribution in [1.29, 1.82) is 0 Å².